The number of hydrogen-bond donors (Lipinski definition) is 1. The van der Waals surface area contributed by atoms with Crippen LogP contribution in [0.2, 0.25) is 0 Å². The molecule has 1 N–H and O–H groups in total. The van der Waals surface area contributed by atoms with E-state index in [1.807, 2.05) is 13.0 Å². The van der Waals surface area contributed by atoms with Gasteiger partial charge in [0.1, 0.15) is 6.61 Å². The maximum atomic E-state index is 12.6. The number of fused-ring (bicyclic) bond motifs is 3. The zero-order valence-corrected chi connectivity index (χ0v) is 21.3. The molecular weight excluding hydrogens is 464 g/mol. The fourth-order valence-electron chi connectivity index (χ4n) is 10.1. The van der Waals surface area contributed by atoms with Gasteiger partial charge in [-0.2, -0.15) is 0 Å². The van der Waals surface area contributed by atoms with Crippen molar-refractivity contribution in [2.24, 2.45) is 22.7 Å². The standard InChI is InChI=1S/C28H36O8/c1-16(29)33-15-27-20-6-9-24(2)19(17-4-5-23(30)32-14-17)8-11-28(24,31)21(20)7-10-26(27)13-18-12-22(27)35-25(3,34-18)36-26/h4-5,14,18-22,31H,6-13,15H2,1-3H3/t18-,19+,20-,21+,22+,24+,25?,26-,27-,28-/m0/s1. The minimum absolute atomic E-state index is 0.0385. The summed E-state index contributed by atoms with van der Waals surface area (Å²) in [5.74, 6) is -1.11. The first-order chi connectivity index (χ1) is 17.0. The van der Waals surface area contributed by atoms with Crippen molar-refractivity contribution in [3.05, 3.63) is 34.4 Å². The van der Waals surface area contributed by atoms with E-state index in [2.05, 4.69) is 6.92 Å². The molecule has 196 valence electrons. The molecule has 8 rings (SSSR count). The van der Waals surface area contributed by atoms with Crippen molar-refractivity contribution in [2.45, 2.75) is 107 Å². The van der Waals surface area contributed by atoms with E-state index in [-0.39, 0.29) is 53.6 Å². The molecule has 1 unspecified atom stereocenters. The second kappa shape index (κ2) is 7.22. The van der Waals surface area contributed by atoms with Crippen molar-refractivity contribution in [1.82, 2.24) is 0 Å². The number of aliphatic hydroxyl groups is 1. The molecule has 0 radical (unpaired) electrons. The van der Waals surface area contributed by atoms with Crippen molar-refractivity contribution in [3.63, 3.8) is 0 Å². The van der Waals surface area contributed by atoms with Gasteiger partial charge in [-0.1, -0.05) is 6.92 Å². The average Bonchev–Trinajstić information content (AvgIpc) is 3.08. The topological polar surface area (TPSA) is 104 Å². The van der Waals surface area contributed by atoms with Crippen LogP contribution >= 0.6 is 0 Å². The molecule has 0 amide bonds. The molecule has 36 heavy (non-hydrogen) atoms. The van der Waals surface area contributed by atoms with Crippen LogP contribution in [0.4, 0.5) is 0 Å². The summed E-state index contributed by atoms with van der Waals surface area (Å²) in [6.07, 6.45) is 7.93. The Morgan fingerprint density at radius 3 is 2.64 bits per heavy atom. The quantitative estimate of drug-likeness (QED) is 0.628. The van der Waals surface area contributed by atoms with Gasteiger partial charge < -0.3 is 28.5 Å². The van der Waals surface area contributed by atoms with Crippen LogP contribution in [0.25, 0.3) is 0 Å². The molecule has 8 heteroatoms. The molecular formula is C28H36O8. The molecule has 4 heterocycles. The van der Waals surface area contributed by atoms with Crippen LogP contribution in [0.1, 0.15) is 83.6 Å². The van der Waals surface area contributed by atoms with E-state index < -0.39 is 22.6 Å². The van der Waals surface area contributed by atoms with Crippen LogP contribution in [0.15, 0.2) is 27.6 Å². The van der Waals surface area contributed by atoms with Crippen LogP contribution in [-0.4, -0.2) is 47.1 Å². The molecule has 0 aromatic carbocycles. The normalized spacial score (nSPS) is 52.4. The molecule has 7 fully saturated rings. The number of rotatable bonds is 3. The van der Waals surface area contributed by atoms with Crippen LogP contribution in [0, 0.1) is 22.7 Å². The fourth-order valence-corrected chi connectivity index (χ4v) is 10.1. The predicted octanol–water partition coefficient (Wildman–Crippen LogP) is 3.64. The van der Waals surface area contributed by atoms with Gasteiger partial charge in [0.15, 0.2) is 0 Å². The van der Waals surface area contributed by atoms with Gasteiger partial charge in [-0.3, -0.25) is 4.79 Å². The molecule has 3 aliphatic heterocycles. The predicted molar refractivity (Wildman–Crippen MR) is 126 cm³/mol. The van der Waals surface area contributed by atoms with Gasteiger partial charge in [-0.05, 0) is 67.9 Å². The first-order valence-electron chi connectivity index (χ1n) is 13.5. The van der Waals surface area contributed by atoms with Crippen molar-refractivity contribution in [1.29, 1.82) is 0 Å². The van der Waals surface area contributed by atoms with E-state index in [9.17, 15) is 14.7 Å². The third-order valence-electron chi connectivity index (χ3n) is 11.4. The Hall–Kier alpha value is -1.74. The number of hydrogen-bond acceptors (Lipinski definition) is 8. The summed E-state index contributed by atoms with van der Waals surface area (Å²) in [5, 5.41) is 12.6. The van der Waals surface area contributed by atoms with E-state index in [0.717, 1.165) is 50.5 Å². The Balaban J connectivity index is 1.30. The van der Waals surface area contributed by atoms with Gasteiger partial charge >= 0.3 is 11.6 Å². The SMILES string of the molecule is CC(=O)OC[C@]12[C@H]3C[C@H]4C[C@]1(CC[C@@H]1[C@@H]2CC[C@]2(C)[C@@H](c5ccc(=O)oc5)CC[C@]12O)OC(C)(O4)O3. The van der Waals surface area contributed by atoms with Crippen molar-refractivity contribution in [2.75, 3.05) is 6.61 Å². The Morgan fingerprint density at radius 1 is 1.11 bits per heavy atom. The summed E-state index contributed by atoms with van der Waals surface area (Å²) in [4.78, 5) is 23.7. The molecule has 1 spiro atoms. The Bertz CT molecular complexity index is 1140. The minimum Gasteiger partial charge on any atom is -0.465 e. The zero-order valence-electron chi connectivity index (χ0n) is 21.3. The van der Waals surface area contributed by atoms with E-state index >= 15 is 0 Å². The largest absolute Gasteiger partial charge is 0.465 e. The lowest BCUT2D eigenvalue weighted by Gasteiger charge is -2.74. The Labute approximate surface area is 210 Å². The van der Waals surface area contributed by atoms with Crippen molar-refractivity contribution >= 4 is 5.97 Å². The van der Waals surface area contributed by atoms with E-state index in [1.54, 1.807) is 6.26 Å². The van der Waals surface area contributed by atoms with Gasteiger partial charge in [-0.15, -0.1) is 0 Å². The van der Waals surface area contributed by atoms with Crippen LogP contribution < -0.4 is 5.63 Å². The molecule has 3 saturated heterocycles. The first kappa shape index (κ1) is 23.4. The summed E-state index contributed by atoms with van der Waals surface area (Å²) in [6, 6.07) is 3.34. The third-order valence-corrected chi connectivity index (χ3v) is 11.4. The number of carbonyl (C=O) groups excluding carboxylic acids is 1. The summed E-state index contributed by atoms with van der Waals surface area (Å²) < 4.78 is 30.3. The zero-order chi connectivity index (χ0) is 25.1. The highest BCUT2D eigenvalue weighted by Crippen LogP contribution is 2.74. The van der Waals surface area contributed by atoms with Crippen molar-refractivity contribution < 1.29 is 33.3 Å². The minimum atomic E-state index is -1.06. The van der Waals surface area contributed by atoms with Gasteiger partial charge in [0.05, 0.1) is 35.1 Å². The third kappa shape index (κ3) is 2.74. The summed E-state index contributed by atoms with van der Waals surface area (Å²) in [5.41, 5.74) is -1.60. The van der Waals surface area contributed by atoms with Gasteiger partial charge in [-0.25, -0.2) is 4.79 Å². The highest BCUT2D eigenvalue weighted by atomic mass is 16.9. The van der Waals surface area contributed by atoms with Gasteiger partial charge in [0.25, 0.3) is 5.97 Å². The van der Waals surface area contributed by atoms with Crippen molar-refractivity contribution in [3.8, 4) is 0 Å². The molecule has 4 saturated carbocycles. The summed E-state index contributed by atoms with van der Waals surface area (Å²) in [7, 11) is 0. The molecule has 1 aromatic rings. The summed E-state index contributed by atoms with van der Waals surface area (Å²) in [6.45, 7) is 5.78. The summed E-state index contributed by atoms with van der Waals surface area (Å²) >= 11 is 0. The molecule has 10 atom stereocenters. The molecule has 4 aliphatic carbocycles. The highest BCUT2D eigenvalue weighted by molar-refractivity contribution is 5.66. The lowest BCUT2D eigenvalue weighted by atomic mass is 9.40. The number of carbonyl (C=O) groups is 1. The Kier molecular flexibility index (Phi) is 4.69. The maximum absolute atomic E-state index is 12.6. The smallest absolute Gasteiger partial charge is 0.335 e. The average molecular weight is 501 g/mol. The Morgan fingerprint density at radius 2 is 1.92 bits per heavy atom. The molecule has 4 bridgehead atoms. The molecule has 1 aromatic heterocycles. The second-order valence-corrected chi connectivity index (χ2v) is 12.7. The van der Waals surface area contributed by atoms with Crippen LogP contribution in [-0.2, 0) is 23.7 Å². The van der Waals surface area contributed by atoms with Gasteiger partial charge in [0, 0.05) is 38.2 Å². The maximum Gasteiger partial charge on any atom is 0.335 e. The van der Waals surface area contributed by atoms with E-state index in [4.69, 9.17) is 23.4 Å². The van der Waals surface area contributed by atoms with Gasteiger partial charge in [0.2, 0.25) is 0 Å². The van der Waals surface area contributed by atoms with E-state index in [1.165, 1.54) is 13.0 Å². The van der Waals surface area contributed by atoms with Crippen LogP contribution in [0.3, 0.4) is 0 Å². The lowest BCUT2D eigenvalue weighted by molar-refractivity contribution is -0.552. The first-order valence-corrected chi connectivity index (χ1v) is 13.5. The lowest BCUT2D eigenvalue weighted by Crippen LogP contribution is -2.81. The highest BCUT2D eigenvalue weighted by Gasteiger charge is 2.79. The fraction of sp³-hybridized carbons (Fsp3) is 0.786. The second-order valence-electron chi connectivity index (χ2n) is 12.7. The molecule has 8 nitrogen and oxygen atoms in total. The van der Waals surface area contributed by atoms with Crippen LogP contribution in [0.5, 0.6) is 0 Å². The van der Waals surface area contributed by atoms with E-state index in [0.29, 0.717) is 6.42 Å². The molecule has 7 aliphatic rings. The number of esters is 1. The number of ether oxygens (including phenoxy) is 4. The monoisotopic (exact) mass is 500 g/mol.